The monoisotopic (exact) mass is 296 g/mol. The summed E-state index contributed by atoms with van der Waals surface area (Å²) >= 11 is 2.08. The van der Waals surface area contributed by atoms with Crippen LogP contribution in [0.15, 0.2) is 10.5 Å². The fourth-order valence-corrected chi connectivity index (χ4v) is 3.74. The number of nitrogens with zero attached hydrogens (tertiary/aromatic N) is 1. The number of thioether (sulfide) groups is 1. The van der Waals surface area contributed by atoms with E-state index in [2.05, 4.69) is 62.7 Å². The molecule has 1 aliphatic heterocycles. The van der Waals surface area contributed by atoms with Gasteiger partial charge in [-0.1, -0.05) is 20.8 Å². The minimum atomic E-state index is 0.507. The van der Waals surface area contributed by atoms with Crippen LogP contribution in [-0.4, -0.2) is 34.5 Å². The molecule has 1 N–H and O–H groups in total. The highest BCUT2D eigenvalue weighted by molar-refractivity contribution is 8.00. The number of aryl methyl sites for hydroxylation is 1. The average molecular weight is 296 g/mol. The molecular weight excluding hydrogens is 268 g/mol. The average Bonchev–Trinajstić information content (AvgIpc) is 2.73. The lowest BCUT2D eigenvalue weighted by atomic mass is 10.2. The van der Waals surface area contributed by atoms with E-state index < -0.39 is 0 Å². The molecule has 3 nitrogen and oxygen atoms in total. The van der Waals surface area contributed by atoms with Crippen LogP contribution in [-0.2, 0) is 13.1 Å². The molecule has 1 fully saturated rings. The molecule has 0 bridgehead atoms. The first kappa shape index (κ1) is 15.9. The third kappa shape index (κ3) is 4.03. The molecule has 0 spiro atoms. The van der Waals surface area contributed by atoms with Crippen LogP contribution in [0.3, 0.4) is 0 Å². The molecule has 2 rings (SSSR count). The summed E-state index contributed by atoms with van der Waals surface area (Å²) in [5.74, 6) is 3.39. The van der Waals surface area contributed by atoms with Crippen molar-refractivity contribution >= 4 is 11.8 Å². The normalized spacial score (nSPS) is 24.5. The standard InChI is InChI=1S/C16H28N2OS/c1-11(2)17-9-15-8-16(19-13(15)4)10-18-6-7-20-14(5)12(18)3/h8,11-12,14,17H,6-7,9-10H2,1-5H3. The molecule has 0 aliphatic carbocycles. The van der Waals surface area contributed by atoms with E-state index in [9.17, 15) is 0 Å². The van der Waals surface area contributed by atoms with Crippen LogP contribution in [0, 0.1) is 6.92 Å². The molecule has 114 valence electrons. The maximum atomic E-state index is 5.94. The van der Waals surface area contributed by atoms with E-state index in [1.54, 1.807) is 0 Å². The number of furan rings is 1. The van der Waals surface area contributed by atoms with Gasteiger partial charge < -0.3 is 9.73 Å². The van der Waals surface area contributed by atoms with Gasteiger partial charge in [-0.25, -0.2) is 0 Å². The van der Waals surface area contributed by atoms with Crippen LogP contribution < -0.4 is 5.32 Å². The van der Waals surface area contributed by atoms with Crippen molar-refractivity contribution in [3.63, 3.8) is 0 Å². The second-order valence-electron chi connectivity index (χ2n) is 6.12. The van der Waals surface area contributed by atoms with Gasteiger partial charge in [-0.05, 0) is 19.9 Å². The molecule has 0 radical (unpaired) electrons. The van der Waals surface area contributed by atoms with Crippen LogP contribution in [0.25, 0.3) is 0 Å². The summed E-state index contributed by atoms with van der Waals surface area (Å²) in [6.45, 7) is 14.1. The van der Waals surface area contributed by atoms with Gasteiger partial charge in [0.1, 0.15) is 11.5 Å². The molecule has 1 saturated heterocycles. The highest BCUT2D eigenvalue weighted by Gasteiger charge is 2.26. The van der Waals surface area contributed by atoms with Gasteiger partial charge in [0.25, 0.3) is 0 Å². The van der Waals surface area contributed by atoms with Crippen LogP contribution in [0.1, 0.15) is 44.8 Å². The Kier molecular flexibility index (Phi) is 5.58. The van der Waals surface area contributed by atoms with Crippen molar-refractivity contribution in [1.29, 1.82) is 0 Å². The van der Waals surface area contributed by atoms with Crippen LogP contribution in [0.4, 0.5) is 0 Å². The second kappa shape index (κ2) is 7.01. The van der Waals surface area contributed by atoms with Crippen LogP contribution >= 0.6 is 11.8 Å². The van der Waals surface area contributed by atoms with Crippen LogP contribution in [0.5, 0.6) is 0 Å². The van der Waals surface area contributed by atoms with Crippen molar-refractivity contribution in [2.24, 2.45) is 0 Å². The molecular formula is C16H28N2OS. The quantitative estimate of drug-likeness (QED) is 0.901. The summed E-state index contributed by atoms with van der Waals surface area (Å²) in [6.07, 6.45) is 0. The fraction of sp³-hybridized carbons (Fsp3) is 0.750. The SMILES string of the molecule is Cc1oc(CN2CCSC(C)C2C)cc1CNC(C)C. The zero-order valence-electron chi connectivity index (χ0n) is 13.4. The molecule has 1 aliphatic rings. The van der Waals surface area contributed by atoms with E-state index in [-0.39, 0.29) is 0 Å². The number of hydrogen-bond donors (Lipinski definition) is 1. The predicted molar refractivity (Wildman–Crippen MR) is 87.2 cm³/mol. The Bertz CT molecular complexity index is 430. The van der Waals surface area contributed by atoms with Gasteiger partial charge in [-0.15, -0.1) is 0 Å². The summed E-state index contributed by atoms with van der Waals surface area (Å²) in [5.41, 5.74) is 1.29. The Morgan fingerprint density at radius 3 is 2.90 bits per heavy atom. The maximum Gasteiger partial charge on any atom is 0.118 e. The maximum absolute atomic E-state index is 5.94. The largest absolute Gasteiger partial charge is 0.465 e. The first-order valence-electron chi connectivity index (χ1n) is 7.64. The highest BCUT2D eigenvalue weighted by atomic mass is 32.2. The zero-order chi connectivity index (χ0) is 14.7. The Hall–Kier alpha value is -0.450. The van der Waals surface area contributed by atoms with Crippen molar-refractivity contribution in [2.75, 3.05) is 12.3 Å². The highest BCUT2D eigenvalue weighted by Crippen LogP contribution is 2.26. The first-order chi connectivity index (χ1) is 9.47. The Morgan fingerprint density at radius 1 is 1.45 bits per heavy atom. The van der Waals surface area contributed by atoms with E-state index in [1.807, 2.05) is 0 Å². The van der Waals surface area contributed by atoms with Crippen LogP contribution in [0.2, 0.25) is 0 Å². The van der Waals surface area contributed by atoms with E-state index in [0.717, 1.165) is 31.2 Å². The van der Waals surface area contributed by atoms with E-state index in [4.69, 9.17) is 4.42 Å². The first-order valence-corrected chi connectivity index (χ1v) is 8.69. The molecule has 2 heterocycles. The Balaban J connectivity index is 1.97. The molecule has 2 unspecified atom stereocenters. The molecule has 0 saturated carbocycles. The summed E-state index contributed by atoms with van der Waals surface area (Å²) in [5, 5.41) is 4.17. The van der Waals surface area contributed by atoms with Gasteiger partial charge in [-0.2, -0.15) is 11.8 Å². The van der Waals surface area contributed by atoms with Gasteiger partial charge in [0, 0.05) is 41.7 Å². The van der Waals surface area contributed by atoms with Gasteiger partial charge in [0.15, 0.2) is 0 Å². The lowest BCUT2D eigenvalue weighted by Crippen LogP contribution is -2.43. The van der Waals surface area contributed by atoms with Gasteiger partial charge >= 0.3 is 0 Å². The lowest BCUT2D eigenvalue weighted by molar-refractivity contribution is 0.188. The predicted octanol–water partition coefficient (Wildman–Crippen LogP) is 3.41. The minimum Gasteiger partial charge on any atom is -0.465 e. The number of rotatable bonds is 5. The third-order valence-corrected chi connectivity index (χ3v) is 5.48. The number of hydrogen-bond acceptors (Lipinski definition) is 4. The summed E-state index contributed by atoms with van der Waals surface area (Å²) in [6, 6.07) is 3.35. The third-order valence-electron chi connectivity index (χ3n) is 4.15. The zero-order valence-corrected chi connectivity index (χ0v) is 14.2. The molecule has 1 aromatic rings. The van der Waals surface area contributed by atoms with E-state index in [0.29, 0.717) is 17.3 Å². The molecule has 0 amide bonds. The second-order valence-corrected chi connectivity index (χ2v) is 7.60. The summed E-state index contributed by atoms with van der Waals surface area (Å²) in [7, 11) is 0. The van der Waals surface area contributed by atoms with Crippen molar-refractivity contribution in [3.8, 4) is 0 Å². The van der Waals surface area contributed by atoms with Gasteiger partial charge in [0.2, 0.25) is 0 Å². The summed E-state index contributed by atoms with van der Waals surface area (Å²) in [4.78, 5) is 2.54. The molecule has 0 aromatic carbocycles. The number of nitrogens with one attached hydrogen (secondary N) is 1. The fourth-order valence-electron chi connectivity index (χ4n) is 2.57. The molecule has 2 atom stereocenters. The molecule has 20 heavy (non-hydrogen) atoms. The Morgan fingerprint density at radius 2 is 2.20 bits per heavy atom. The van der Waals surface area contributed by atoms with Crippen molar-refractivity contribution < 1.29 is 4.42 Å². The lowest BCUT2D eigenvalue weighted by Gasteiger charge is -2.36. The minimum absolute atomic E-state index is 0.507. The topological polar surface area (TPSA) is 28.4 Å². The van der Waals surface area contributed by atoms with Crippen molar-refractivity contribution in [2.45, 2.75) is 65.0 Å². The Labute approximate surface area is 127 Å². The van der Waals surface area contributed by atoms with Gasteiger partial charge in [0.05, 0.1) is 6.54 Å². The summed E-state index contributed by atoms with van der Waals surface area (Å²) < 4.78 is 5.94. The van der Waals surface area contributed by atoms with E-state index in [1.165, 1.54) is 11.3 Å². The van der Waals surface area contributed by atoms with Crippen molar-refractivity contribution in [3.05, 3.63) is 23.2 Å². The molecule has 4 heteroatoms. The van der Waals surface area contributed by atoms with Gasteiger partial charge in [-0.3, -0.25) is 4.90 Å². The van der Waals surface area contributed by atoms with E-state index >= 15 is 0 Å². The molecule has 1 aromatic heterocycles. The smallest absolute Gasteiger partial charge is 0.118 e. The van der Waals surface area contributed by atoms with Crippen molar-refractivity contribution in [1.82, 2.24) is 10.2 Å².